The molecule has 4 nitrogen and oxygen atoms in total. The van der Waals surface area contributed by atoms with Gasteiger partial charge in [-0.2, -0.15) is 0 Å². The van der Waals surface area contributed by atoms with Gasteiger partial charge in [-0.05, 0) is 36.4 Å². The Balaban J connectivity index is 1.99. The van der Waals surface area contributed by atoms with Crippen molar-refractivity contribution in [2.45, 2.75) is 4.90 Å². The lowest BCUT2D eigenvalue weighted by Gasteiger charge is -2.17. The molecule has 0 saturated heterocycles. The largest absolute Gasteiger partial charge is 0.496 e. The van der Waals surface area contributed by atoms with Crippen LogP contribution in [0.2, 0.25) is 0 Å². The third kappa shape index (κ3) is 3.92. The molecule has 0 spiro atoms. The number of thioether (sulfide) groups is 1. The van der Waals surface area contributed by atoms with Crippen LogP contribution < -0.4 is 15.4 Å². The van der Waals surface area contributed by atoms with Gasteiger partial charge >= 0.3 is 0 Å². The second-order valence-electron chi connectivity index (χ2n) is 4.48. The molecule has 0 aliphatic rings. The summed E-state index contributed by atoms with van der Waals surface area (Å²) in [6.45, 7) is 0. The number of hydrogen-bond donors (Lipinski definition) is 1. The van der Waals surface area contributed by atoms with Crippen molar-refractivity contribution in [3.05, 3.63) is 48.5 Å². The van der Waals surface area contributed by atoms with Gasteiger partial charge in [0.15, 0.2) is 0 Å². The molecule has 2 aromatic carbocycles. The van der Waals surface area contributed by atoms with Crippen LogP contribution in [0.3, 0.4) is 0 Å². The Labute approximate surface area is 128 Å². The lowest BCUT2D eigenvalue weighted by molar-refractivity contribution is -0.115. The molecule has 0 atom stereocenters. The minimum absolute atomic E-state index is 0.0238. The van der Waals surface area contributed by atoms with Crippen molar-refractivity contribution in [1.29, 1.82) is 0 Å². The smallest absolute Gasteiger partial charge is 0.237 e. The topological polar surface area (TPSA) is 55.6 Å². The number of hydrogen-bond acceptors (Lipinski definition) is 4. The zero-order valence-electron chi connectivity index (χ0n) is 12.1. The van der Waals surface area contributed by atoms with E-state index in [2.05, 4.69) is 0 Å². The van der Waals surface area contributed by atoms with Gasteiger partial charge in [-0.3, -0.25) is 4.79 Å². The number of ether oxygens (including phenoxy) is 1. The van der Waals surface area contributed by atoms with Crippen LogP contribution in [0, 0.1) is 0 Å². The predicted octanol–water partition coefficient (Wildman–Crippen LogP) is 3.03. The summed E-state index contributed by atoms with van der Waals surface area (Å²) >= 11 is 1.46. The summed E-state index contributed by atoms with van der Waals surface area (Å²) in [5, 5.41) is 0. The van der Waals surface area contributed by atoms with Crippen molar-refractivity contribution in [2.24, 2.45) is 0 Å². The number of carbonyl (C=O) groups excluding carboxylic acids is 1. The molecule has 0 aliphatic heterocycles. The van der Waals surface area contributed by atoms with Gasteiger partial charge in [-0.1, -0.05) is 12.1 Å². The molecule has 0 heterocycles. The molecule has 2 rings (SSSR count). The average Bonchev–Trinajstić information content (AvgIpc) is 2.52. The first-order valence-electron chi connectivity index (χ1n) is 6.49. The molecule has 0 fully saturated rings. The highest BCUT2D eigenvalue weighted by atomic mass is 32.2. The maximum atomic E-state index is 12.2. The van der Waals surface area contributed by atoms with Gasteiger partial charge in [-0.15, -0.1) is 11.8 Å². The van der Waals surface area contributed by atoms with Crippen LogP contribution in [-0.4, -0.2) is 25.8 Å². The summed E-state index contributed by atoms with van der Waals surface area (Å²) in [7, 11) is 3.39. The Morgan fingerprint density at radius 1 is 1.19 bits per heavy atom. The molecule has 1 amide bonds. The van der Waals surface area contributed by atoms with Crippen molar-refractivity contribution in [3.63, 3.8) is 0 Å². The summed E-state index contributed by atoms with van der Waals surface area (Å²) in [5.41, 5.74) is 7.16. The highest BCUT2D eigenvalue weighted by Gasteiger charge is 2.12. The van der Waals surface area contributed by atoms with E-state index in [4.69, 9.17) is 10.5 Å². The highest BCUT2D eigenvalue weighted by Crippen LogP contribution is 2.29. The number of benzene rings is 2. The molecule has 2 N–H and O–H groups in total. The summed E-state index contributed by atoms with van der Waals surface area (Å²) in [6, 6.07) is 14.9. The predicted molar refractivity (Wildman–Crippen MR) is 88.0 cm³/mol. The van der Waals surface area contributed by atoms with Crippen molar-refractivity contribution in [3.8, 4) is 5.75 Å². The average molecular weight is 302 g/mol. The van der Waals surface area contributed by atoms with Gasteiger partial charge in [0.2, 0.25) is 5.91 Å². The Kier molecular flexibility index (Phi) is 5.11. The standard InChI is InChI=1S/C16H18N2O2S/c1-18(13-9-7-12(17)8-10-13)16(19)11-21-15-6-4-3-5-14(15)20-2/h3-10H,11,17H2,1-2H3. The maximum Gasteiger partial charge on any atom is 0.237 e. The first-order chi connectivity index (χ1) is 10.1. The van der Waals surface area contributed by atoms with Crippen LogP contribution in [0.1, 0.15) is 0 Å². The minimum atomic E-state index is 0.0238. The van der Waals surface area contributed by atoms with Crippen LogP contribution in [0.4, 0.5) is 11.4 Å². The number of amides is 1. The first-order valence-corrected chi connectivity index (χ1v) is 7.48. The molecule has 0 saturated carbocycles. The molecule has 0 aromatic heterocycles. The Morgan fingerprint density at radius 2 is 1.86 bits per heavy atom. The number of anilines is 2. The van der Waals surface area contributed by atoms with Crippen molar-refractivity contribution < 1.29 is 9.53 Å². The fourth-order valence-corrected chi connectivity index (χ4v) is 2.76. The molecule has 0 bridgehead atoms. The fourth-order valence-electron chi connectivity index (χ4n) is 1.82. The second kappa shape index (κ2) is 7.04. The van der Waals surface area contributed by atoms with Gasteiger partial charge < -0.3 is 15.4 Å². The Hall–Kier alpha value is -2.14. The fraction of sp³-hybridized carbons (Fsp3) is 0.188. The highest BCUT2D eigenvalue weighted by molar-refractivity contribution is 8.00. The van der Waals surface area contributed by atoms with Crippen LogP contribution in [0.5, 0.6) is 5.75 Å². The monoisotopic (exact) mass is 302 g/mol. The normalized spacial score (nSPS) is 10.2. The van der Waals surface area contributed by atoms with E-state index in [0.717, 1.165) is 16.3 Å². The number of nitrogen functional groups attached to an aromatic ring is 1. The Morgan fingerprint density at radius 3 is 2.52 bits per heavy atom. The summed E-state index contributed by atoms with van der Waals surface area (Å²) in [5.74, 6) is 1.16. The van der Waals surface area contributed by atoms with E-state index in [9.17, 15) is 4.79 Å². The van der Waals surface area contributed by atoms with Crippen LogP contribution in [0.25, 0.3) is 0 Å². The van der Waals surface area contributed by atoms with E-state index < -0.39 is 0 Å². The van der Waals surface area contributed by atoms with E-state index in [0.29, 0.717) is 11.4 Å². The lowest BCUT2D eigenvalue weighted by atomic mass is 10.2. The number of nitrogens with zero attached hydrogens (tertiary/aromatic N) is 1. The molecule has 0 aliphatic carbocycles. The third-order valence-electron chi connectivity index (χ3n) is 3.07. The van der Waals surface area contributed by atoms with Gasteiger partial charge in [-0.25, -0.2) is 0 Å². The van der Waals surface area contributed by atoms with Gasteiger partial charge in [0.05, 0.1) is 12.9 Å². The SMILES string of the molecule is COc1ccccc1SCC(=O)N(C)c1ccc(N)cc1. The zero-order chi connectivity index (χ0) is 15.2. The van der Waals surface area contributed by atoms with E-state index in [1.54, 1.807) is 31.2 Å². The van der Waals surface area contributed by atoms with Crippen LogP contribution >= 0.6 is 11.8 Å². The van der Waals surface area contributed by atoms with E-state index in [1.807, 2.05) is 36.4 Å². The number of carbonyl (C=O) groups is 1. The number of nitrogens with two attached hydrogens (primary N) is 1. The third-order valence-corrected chi connectivity index (χ3v) is 4.11. The second-order valence-corrected chi connectivity index (χ2v) is 5.50. The van der Waals surface area contributed by atoms with Crippen LogP contribution in [0.15, 0.2) is 53.4 Å². The molecule has 0 radical (unpaired) electrons. The molecule has 110 valence electrons. The van der Waals surface area contributed by atoms with Gasteiger partial charge in [0.1, 0.15) is 5.75 Å². The van der Waals surface area contributed by atoms with Crippen molar-refractivity contribution in [1.82, 2.24) is 0 Å². The molecular formula is C16H18N2O2S. The number of rotatable bonds is 5. The van der Waals surface area contributed by atoms with Gasteiger partial charge in [0, 0.05) is 23.3 Å². The summed E-state index contributed by atoms with van der Waals surface area (Å²) < 4.78 is 5.28. The molecule has 0 unspecified atom stereocenters. The number of methoxy groups -OCH3 is 1. The van der Waals surface area contributed by atoms with E-state index in [1.165, 1.54) is 11.8 Å². The zero-order valence-corrected chi connectivity index (χ0v) is 12.9. The summed E-state index contributed by atoms with van der Waals surface area (Å²) in [6.07, 6.45) is 0. The lowest BCUT2D eigenvalue weighted by Crippen LogP contribution is -2.27. The molecule has 5 heteroatoms. The van der Waals surface area contributed by atoms with E-state index >= 15 is 0 Å². The first kappa shape index (κ1) is 15.3. The number of para-hydroxylation sites is 1. The van der Waals surface area contributed by atoms with E-state index in [-0.39, 0.29) is 5.91 Å². The molecular weight excluding hydrogens is 284 g/mol. The Bertz CT molecular complexity index is 614. The quantitative estimate of drug-likeness (QED) is 0.681. The molecule has 2 aromatic rings. The van der Waals surface area contributed by atoms with Gasteiger partial charge in [0.25, 0.3) is 0 Å². The molecule has 21 heavy (non-hydrogen) atoms. The van der Waals surface area contributed by atoms with Crippen molar-refractivity contribution >= 4 is 29.0 Å². The maximum absolute atomic E-state index is 12.2. The van der Waals surface area contributed by atoms with Crippen molar-refractivity contribution in [2.75, 3.05) is 30.5 Å². The van der Waals surface area contributed by atoms with Crippen LogP contribution in [-0.2, 0) is 4.79 Å². The minimum Gasteiger partial charge on any atom is -0.496 e. The summed E-state index contributed by atoms with van der Waals surface area (Å²) in [4.78, 5) is 14.8.